The van der Waals surface area contributed by atoms with E-state index in [-0.39, 0.29) is 6.03 Å². The van der Waals surface area contributed by atoms with E-state index >= 15 is 0 Å². The molecule has 0 unspecified atom stereocenters. The zero-order valence-corrected chi connectivity index (χ0v) is 21.0. The second-order valence-corrected chi connectivity index (χ2v) is 9.13. The number of urea groups is 1. The quantitative estimate of drug-likeness (QED) is 0.565. The van der Waals surface area contributed by atoms with Crippen LogP contribution in [0.15, 0.2) is 48.5 Å². The number of benzene rings is 2. The van der Waals surface area contributed by atoms with Gasteiger partial charge in [-0.2, -0.15) is 0 Å². The number of anilines is 2. The molecule has 188 valence electrons. The van der Waals surface area contributed by atoms with Crippen LogP contribution >= 0.6 is 0 Å². The van der Waals surface area contributed by atoms with Gasteiger partial charge in [0.05, 0.1) is 32.6 Å². The highest BCUT2D eigenvalue weighted by Crippen LogP contribution is 2.29. The van der Waals surface area contributed by atoms with E-state index in [0.29, 0.717) is 39.1 Å². The van der Waals surface area contributed by atoms with Gasteiger partial charge in [-0.25, -0.2) is 14.8 Å². The van der Waals surface area contributed by atoms with Crippen LogP contribution in [0.5, 0.6) is 5.75 Å². The van der Waals surface area contributed by atoms with Crippen LogP contribution in [0.1, 0.15) is 35.1 Å². The zero-order valence-electron chi connectivity index (χ0n) is 21.0. The van der Waals surface area contributed by atoms with Crippen LogP contribution in [-0.2, 0) is 30.5 Å². The molecule has 5 rings (SSSR count). The number of para-hydroxylation sites is 1. The molecule has 2 aliphatic heterocycles. The normalized spacial score (nSPS) is 15.4. The summed E-state index contributed by atoms with van der Waals surface area (Å²) in [7, 11) is 1.67. The topological polar surface area (TPSA) is 79.8 Å². The van der Waals surface area contributed by atoms with Crippen LogP contribution in [0.2, 0.25) is 0 Å². The number of rotatable bonds is 6. The van der Waals surface area contributed by atoms with Gasteiger partial charge in [-0.1, -0.05) is 37.3 Å². The lowest BCUT2D eigenvalue weighted by Crippen LogP contribution is -2.42. The summed E-state index contributed by atoms with van der Waals surface area (Å²) < 4.78 is 11.0. The Bertz CT molecular complexity index is 1230. The van der Waals surface area contributed by atoms with E-state index in [1.165, 1.54) is 0 Å². The van der Waals surface area contributed by atoms with Gasteiger partial charge in [0.2, 0.25) is 0 Å². The lowest BCUT2D eigenvalue weighted by Gasteiger charge is -2.34. The third-order valence-electron chi connectivity index (χ3n) is 6.82. The second kappa shape index (κ2) is 11.0. The molecule has 36 heavy (non-hydrogen) atoms. The Balaban J connectivity index is 1.41. The SMILES string of the molecule is CCc1ccccc1NC(=O)N1CCc2nc(Cc3cccc(OC)c3)nc(N3CCOCC3)c2C1. The fraction of sp³-hybridized carbons (Fsp3) is 0.393. The van der Waals surface area contributed by atoms with Crippen LogP contribution in [0.25, 0.3) is 0 Å². The third kappa shape index (κ3) is 5.28. The van der Waals surface area contributed by atoms with Gasteiger partial charge >= 0.3 is 6.03 Å². The van der Waals surface area contributed by atoms with Gasteiger partial charge in [-0.05, 0) is 35.7 Å². The van der Waals surface area contributed by atoms with Crippen molar-refractivity contribution in [1.82, 2.24) is 14.9 Å². The second-order valence-electron chi connectivity index (χ2n) is 9.13. The highest BCUT2D eigenvalue weighted by atomic mass is 16.5. The van der Waals surface area contributed by atoms with Crippen molar-refractivity contribution in [3.8, 4) is 5.75 Å². The summed E-state index contributed by atoms with van der Waals surface area (Å²) in [6, 6.07) is 15.9. The van der Waals surface area contributed by atoms with Crippen LogP contribution < -0.4 is 15.0 Å². The van der Waals surface area contributed by atoms with Crippen LogP contribution in [0.4, 0.5) is 16.3 Å². The third-order valence-corrected chi connectivity index (χ3v) is 6.82. The molecule has 0 radical (unpaired) electrons. The Morgan fingerprint density at radius 2 is 1.92 bits per heavy atom. The van der Waals surface area contributed by atoms with Crippen molar-refractivity contribution in [2.24, 2.45) is 0 Å². The Morgan fingerprint density at radius 1 is 1.08 bits per heavy atom. The van der Waals surface area contributed by atoms with E-state index in [9.17, 15) is 4.79 Å². The maximum atomic E-state index is 13.2. The van der Waals surface area contributed by atoms with E-state index in [4.69, 9.17) is 19.4 Å². The maximum absolute atomic E-state index is 13.2. The molecule has 0 bridgehead atoms. The Kier molecular flexibility index (Phi) is 7.32. The summed E-state index contributed by atoms with van der Waals surface area (Å²) in [4.78, 5) is 27.3. The molecular weight excluding hydrogens is 454 g/mol. The molecular formula is C28H33N5O3. The average molecular weight is 488 g/mol. The van der Waals surface area contributed by atoms with Gasteiger partial charge in [-0.15, -0.1) is 0 Å². The number of nitrogens with one attached hydrogen (secondary N) is 1. The number of methoxy groups -OCH3 is 1. The van der Waals surface area contributed by atoms with Crippen molar-refractivity contribution >= 4 is 17.5 Å². The van der Waals surface area contributed by atoms with Crippen molar-refractivity contribution in [3.05, 3.63) is 76.7 Å². The molecule has 0 saturated carbocycles. The molecule has 1 fully saturated rings. The number of aromatic nitrogens is 2. The molecule has 8 nitrogen and oxygen atoms in total. The number of morpholine rings is 1. The molecule has 0 aliphatic carbocycles. The monoisotopic (exact) mass is 487 g/mol. The fourth-order valence-electron chi connectivity index (χ4n) is 4.85. The summed E-state index contributed by atoms with van der Waals surface area (Å²) >= 11 is 0. The van der Waals surface area contributed by atoms with Gasteiger partial charge < -0.3 is 24.6 Å². The van der Waals surface area contributed by atoms with E-state index in [2.05, 4.69) is 29.3 Å². The van der Waals surface area contributed by atoms with Gasteiger partial charge in [-0.3, -0.25) is 0 Å². The first-order valence-corrected chi connectivity index (χ1v) is 12.6. The smallest absolute Gasteiger partial charge is 0.322 e. The molecule has 8 heteroatoms. The number of carbonyl (C=O) groups excluding carboxylic acids is 1. The molecule has 0 atom stereocenters. The minimum atomic E-state index is -0.0880. The first-order chi connectivity index (χ1) is 17.6. The van der Waals surface area contributed by atoms with Gasteiger partial charge in [0, 0.05) is 43.7 Å². The fourth-order valence-corrected chi connectivity index (χ4v) is 4.85. The standard InChI is InChI=1S/C28H33N5O3/c1-3-21-8-4-5-10-24(21)30-28(34)33-12-11-25-23(19-33)27(32-13-15-36-16-14-32)31-26(29-25)18-20-7-6-9-22(17-20)35-2/h4-10,17H,3,11-16,18-19H2,1-2H3,(H,30,34). The maximum Gasteiger partial charge on any atom is 0.322 e. The highest BCUT2D eigenvalue weighted by Gasteiger charge is 2.28. The number of hydrogen-bond donors (Lipinski definition) is 1. The van der Waals surface area contributed by atoms with Crippen LogP contribution in [0.3, 0.4) is 0 Å². The number of hydrogen-bond acceptors (Lipinski definition) is 6. The average Bonchev–Trinajstić information content (AvgIpc) is 2.93. The molecule has 1 N–H and O–H groups in total. The van der Waals surface area contributed by atoms with Crippen molar-refractivity contribution in [3.63, 3.8) is 0 Å². The molecule has 2 amide bonds. The summed E-state index contributed by atoms with van der Waals surface area (Å²) in [6.45, 7) is 6.09. The number of aryl methyl sites for hydroxylation is 1. The Labute approximate surface area is 212 Å². The van der Waals surface area contributed by atoms with Crippen LogP contribution in [-0.4, -0.2) is 60.9 Å². The first kappa shape index (κ1) is 24.1. The van der Waals surface area contributed by atoms with Crippen molar-refractivity contribution in [2.45, 2.75) is 32.7 Å². The van der Waals surface area contributed by atoms with Crippen molar-refractivity contribution in [2.75, 3.05) is 50.2 Å². The number of ether oxygens (including phenoxy) is 2. The van der Waals surface area contributed by atoms with E-state index in [1.807, 2.05) is 41.3 Å². The van der Waals surface area contributed by atoms with Gasteiger partial charge in [0.25, 0.3) is 0 Å². The van der Waals surface area contributed by atoms with E-state index < -0.39 is 0 Å². The number of fused-ring (bicyclic) bond motifs is 1. The minimum absolute atomic E-state index is 0.0880. The lowest BCUT2D eigenvalue weighted by atomic mass is 10.0. The summed E-state index contributed by atoms with van der Waals surface area (Å²) in [5.74, 6) is 2.54. The lowest BCUT2D eigenvalue weighted by molar-refractivity contribution is 0.122. The van der Waals surface area contributed by atoms with Gasteiger partial charge in [0.15, 0.2) is 0 Å². The molecule has 3 aromatic rings. The summed E-state index contributed by atoms with van der Waals surface area (Å²) in [5.41, 5.74) is 5.17. The molecule has 1 aromatic heterocycles. The summed E-state index contributed by atoms with van der Waals surface area (Å²) in [6.07, 6.45) is 2.19. The summed E-state index contributed by atoms with van der Waals surface area (Å²) in [5, 5.41) is 3.12. The Hall–Kier alpha value is -3.65. The number of nitrogens with zero attached hydrogens (tertiary/aromatic N) is 4. The predicted molar refractivity (Wildman–Crippen MR) is 140 cm³/mol. The highest BCUT2D eigenvalue weighted by molar-refractivity contribution is 5.90. The van der Waals surface area contributed by atoms with Gasteiger partial charge in [0.1, 0.15) is 17.4 Å². The molecule has 1 saturated heterocycles. The number of carbonyl (C=O) groups is 1. The van der Waals surface area contributed by atoms with Crippen molar-refractivity contribution < 1.29 is 14.3 Å². The zero-order chi connectivity index (χ0) is 24.9. The largest absolute Gasteiger partial charge is 0.497 e. The van der Waals surface area contributed by atoms with E-state index in [1.54, 1.807) is 7.11 Å². The van der Waals surface area contributed by atoms with Crippen LogP contribution in [0, 0.1) is 0 Å². The number of amides is 2. The molecule has 2 aromatic carbocycles. The first-order valence-electron chi connectivity index (χ1n) is 12.6. The van der Waals surface area contributed by atoms with E-state index in [0.717, 1.165) is 65.0 Å². The molecule has 3 heterocycles. The molecule has 0 spiro atoms. The van der Waals surface area contributed by atoms with Crippen molar-refractivity contribution in [1.29, 1.82) is 0 Å². The minimum Gasteiger partial charge on any atom is -0.497 e. The Morgan fingerprint density at radius 3 is 2.72 bits per heavy atom. The molecule has 2 aliphatic rings. The predicted octanol–water partition coefficient (Wildman–Crippen LogP) is 4.07.